The number of carbonyl (C=O) groups is 1. The average Bonchev–Trinajstić information content (AvgIpc) is 2.71. The van der Waals surface area contributed by atoms with Crippen molar-refractivity contribution in [2.75, 3.05) is 19.8 Å². The zero-order chi connectivity index (χ0) is 9.97. The number of primary amides is 1. The summed E-state index contributed by atoms with van der Waals surface area (Å²) >= 11 is 0. The van der Waals surface area contributed by atoms with Gasteiger partial charge in [0.15, 0.2) is 0 Å². The van der Waals surface area contributed by atoms with Gasteiger partial charge in [0.2, 0.25) is 0 Å². The quantitative estimate of drug-likeness (QED) is 0.645. The molecule has 0 aromatic heterocycles. The fraction of sp³-hybridized carbons (Fsp3) is 0.556. The van der Waals surface area contributed by atoms with E-state index in [0.29, 0.717) is 18.3 Å². The second kappa shape index (κ2) is 3.79. The molecular formula is C9H13N3O2. The molecule has 2 rings (SSSR count). The third-order valence-electron chi connectivity index (χ3n) is 2.47. The molecule has 2 heterocycles. The number of nitrogens with two attached hydrogens (primary N) is 1. The second-order valence-electron chi connectivity index (χ2n) is 3.41. The average molecular weight is 195 g/mol. The Kier molecular flexibility index (Phi) is 2.49. The molecule has 0 radical (unpaired) electrons. The number of rotatable bonds is 2. The highest BCUT2D eigenvalue weighted by Gasteiger charge is 2.22. The van der Waals surface area contributed by atoms with Gasteiger partial charge in [-0.15, -0.1) is 0 Å². The minimum atomic E-state index is -0.469. The van der Waals surface area contributed by atoms with Crippen LogP contribution in [0.25, 0.3) is 0 Å². The fourth-order valence-corrected chi connectivity index (χ4v) is 1.62. The molecule has 1 amide bonds. The Morgan fingerprint density at radius 3 is 3.07 bits per heavy atom. The van der Waals surface area contributed by atoms with Crippen molar-refractivity contribution in [1.29, 1.82) is 0 Å². The number of carbonyl (C=O) groups excluding carboxylic acids is 1. The zero-order valence-corrected chi connectivity index (χ0v) is 7.85. The summed E-state index contributed by atoms with van der Waals surface area (Å²) in [6, 6.07) is 0.393. The SMILES string of the molecule is NC(=O)C1=CCN(C2CCOC2)C=N1. The third kappa shape index (κ3) is 1.77. The van der Waals surface area contributed by atoms with E-state index in [4.69, 9.17) is 10.5 Å². The fourth-order valence-electron chi connectivity index (χ4n) is 1.62. The van der Waals surface area contributed by atoms with E-state index in [1.807, 2.05) is 0 Å². The Labute approximate surface area is 82.2 Å². The van der Waals surface area contributed by atoms with Gasteiger partial charge in [0.1, 0.15) is 5.70 Å². The van der Waals surface area contributed by atoms with Crippen LogP contribution in [0.4, 0.5) is 0 Å². The Morgan fingerprint density at radius 1 is 1.71 bits per heavy atom. The lowest BCUT2D eigenvalue weighted by atomic mass is 10.2. The largest absolute Gasteiger partial charge is 0.379 e. The van der Waals surface area contributed by atoms with E-state index in [9.17, 15) is 4.79 Å². The maximum absolute atomic E-state index is 10.8. The molecule has 0 aromatic carbocycles. The minimum absolute atomic E-state index is 0.347. The first kappa shape index (κ1) is 9.21. The molecule has 5 nitrogen and oxygen atoms in total. The smallest absolute Gasteiger partial charge is 0.267 e. The molecule has 0 aliphatic carbocycles. The van der Waals surface area contributed by atoms with E-state index in [1.165, 1.54) is 0 Å². The summed E-state index contributed by atoms with van der Waals surface area (Å²) in [6.45, 7) is 2.24. The van der Waals surface area contributed by atoms with Crippen LogP contribution in [0, 0.1) is 0 Å². The van der Waals surface area contributed by atoms with Crippen LogP contribution in [0.1, 0.15) is 6.42 Å². The van der Waals surface area contributed by atoms with E-state index in [0.717, 1.165) is 19.6 Å². The molecule has 2 N–H and O–H groups in total. The van der Waals surface area contributed by atoms with Gasteiger partial charge in [-0.1, -0.05) is 0 Å². The van der Waals surface area contributed by atoms with E-state index < -0.39 is 5.91 Å². The summed E-state index contributed by atoms with van der Waals surface area (Å²) in [6.07, 6.45) is 4.45. The maximum atomic E-state index is 10.8. The molecule has 0 saturated carbocycles. The summed E-state index contributed by atoms with van der Waals surface area (Å²) in [5.41, 5.74) is 5.45. The van der Waals surface area contributed by atoms with Gasteiger partial charge < -0.3 is 15.4 Å². The monoisotopic (exact) mass is 195 g/mol. The number of amides is 1. The number of nitrogens with zero attached hydrogens (tertiary/aromatic N) is 2. The van der Waals surface area contributed by atoms with Crippen molar-refractivity contribution in [3.05, 3.63) is 11.8 Å². The predicted molar refractivity (Wildman–Crippen MR) is 51.7 cm³/mol. The van der Waals surface area contributed by atoms with Gasteiger partial charge in [-0.2, -0.15) is 0 Å². The van der Waals surface area contributed by atoms with Crippen molar-refractivity contribution in [3.8, 4) is 0 Å². The lowest BCUT2D eigenvalue weighted by Gasteiger charge is -2.26. The molecule has 1 atom stereocenters. The van der Waals surface area contributed by atoms with Gasteiger partial charge in [-0.25, -0.2) is 4.99 Å². The van der Waals surface area contributed by atoms with E-state index in [1.54, 1.807) is 12.4 Å². The Morgan fingerprint density at radius 2 is 2.57 bits per heavy atom. The molecule has 0 aromatic rings. The number of hydrogen-bond acceptors (Lipinski definition) is 4. The van der Waals surface area contributed by atoms with E-state index >= 15 is 0 Å². The molecule has 0 bridgehead atoms. The molecule has 1 unspecified atom stereocenters. The predicted octanol–water partition coefficient (Wildman–Crippen LogP) is -0.512. The normalized spacial score (nSPS) is 26.4. The summed E-state index contributed by atoms with van der Waals surface area (Å²) in [4.78, 5) is 16.8. The topological polar surface area (TPSA) is 67.9 Å². The molecule has 76 valence electrons. The van der Waals surface area contributed by atoms with Crippen LogP contribution < -0.4 is 5.73 Å². The van der Waals surface area contributed by atoms with Crippen LogP contribution in [0.2, 0.25) is 0 Å². The Bertz CT molecular complexity index is 292. The molecule has 2 aliphatic heterocycles. The highest BCUT2D eigenvalue weighted by atomic mass is 16.5. The van der Waals surface area contributed by atoms with Crippen molar-refractivity contribution in [2.24, 2.45) is 10.7 Å². The summed E-state index contributed by atoms with van der Waals surface area (Å²) in [7, 11) is 0. The van der Waals surface area contributed by atoms with Gasteiger partial charge in [-0.05, 0) is 12.5 Å². The Hall–Kier alpha value is -1.36. The van der Waals surface area contributed by atoms with Crippen molar-refractivity contribution in [1.82, 2.24) is 4.90 Å². The molecule has 1 fully saturated rings. The molecule has 2 aliphatic rings. The third-order valence-corrected chi connectivity index (χ3v) is 2.47. The van der Waals surface area contributed by atoms with Crippen LogP contribution in [-0.4, -0.2) is 42.9 Å². The number of ether oxygens (including phenoxy) is 1. The van der Waals surface area contributed by atoms with Gasteiger partial charge in [0.05, 0.1) is 19.0 Å². The van der Waals surface area contributed by atoms with Crippen LogP contribution in [0.15, 0.2) is 16.8 Å². The van der Waals surface area contributed by atoms with Gasteiger partial charge in [-0.3, -0.25) is 4.79 Å². The van der Waals surface area contributed by atoms with E-state index in [2.05, 4.69) is 9.89 Å². The number of aliphatic imine (C=N–C) groups is 1. The second-order valence-corrected chi connectivity index (χ2v) is 3.41. The lowest BCUT2D eigenvalue weighted by Crippen LogP contribution is -2.37. The van der Waals surface area contributed by atoms with Crippen LogP contribution >= 0.6 is 0 Å². The van der Waals surface area contributed by atoms with Crippen molar-refractivity contribution in [2.45, 2.75) is 12.5 Å². The summed E-state index contributed by atoms with van der Waals surface area (Å²) < 4.78 is 5.27. The molecular weight excluding hydrogens is 182 g/mol. The van der Waals surface area contributed by atoms with Gasteiger partial charge in [0, 0.05) is 13.2 Å². The zero-order valence-electron chi connectivity index (χ0n) is 7.85. The van der Waals surface area contributed by atoms with Crippen LogP contribution in [-0.2, 0) is 9.53 Å². The first-order valence-corrected chi connectivity index (χ1v) is 4.65. The highest BCUT2D eigenvalue weighted by Crippen LogP contribution is 2.13. The maximum Gasteiger partial charge on any atom is 0.267 e. The van der Waals surface area contributed by atoms with Gasteiger partial charge in [0.25, 0.3) is 5.91 Å². The minimum Gasteiger partial charge on any atom is -0.379 e. The first-order valence-electron chi connectivity index (χ1n) is 4.65. The number of hydrogen-bond donors (Lipinski definition) is 1. The summed E-state index contributed by atoms with van der Waals surface area (Å²) in [5, 5.41) is 0. The van der Waals surface area contributed by atoms with Crippen molar-refractivity contribution < 1.29 is 9.53 Å². The van der Waals surface area contributed by atoms with Crippen molar-refractivity contribution >= 4 is 12.2 Å². The van der Waals surface area contributed by atoms with Crippen LogP contribution in [0.3, 0.4) is 0 Å². The molecule has 0 spiro atoms. The molecule has 1 saturated heterocycles. The van der Waals surface area contributed by atoms with Crippen molar-refractivity contribution in [3.63, 3.8) is 0 Å². The summed E-state index contributed by atoms with van der Waals surface area (Å²) in [5.74, 6) is -0.469. The Balaban J connectivity index is 1.96. The molecule has 5 heteroatoms. The lowest BCUT2D eigenvalue weighted by molar-refractivity contribution is -0.114. The molecule has 14 heavy (non-hydrogen) atoms. The van der Waals surface area contributed by atoms with E-state index in [-0.39, 0.29) is 0 Å². The van der Waals surface area contributed by atoms with Crippen LogP contribution in [0.5, 0.6) is 0 Å². The first-order chi connectivity index (χ1) is 6.77. The van der Waals surface area contributed by atoms with Gasteiger partial charge >= 0.3 is 0 Å². The standard InChI is InChI=1S/C9H13N3O2/c10-9(13)8-1-3-12(6-11-8)7-2-4-14-5-7/h1,6-7H,2-5H2,(H2,10,13). The highest BCUT2D eigenvalue weighted by molar-refractivity contribution is 5.93.